The van der Waals surface area contributed by atoms with E-state index in [0.717, 1.165) is 34.9 Å². The second kappa shape index (κ2) is 6.65. The maximum atomic E-state index is 12.2. The normalized spacial score (nSPS) is 14.7. The van der Waals surface area contributed by atoms with Crippen LogP contribution in [0.4, 0.5) is 0 Å². The molecule has 1 aliphatic rings. The lowest BCUT2D eigenvalue weighted by Gasteiger charge is -2.28. The van der Waals surface area contributed by atoms with Gasteiger partial charge < -0.3 is 14.8 Å². The number of phenolic OH excluding ortho intramolecular Hbond substituents is 1. The maximum absolute atomic E-state index is 12.2. The predicted octanol–water partition coefficient (Wildman–Crippen LogP) is 2.17. The SMILES string of the molecule is COc1ccc(O)c(CN2CCc3c(nc(C(C)C)[nH]c3=O)C2)c1. The molecule has 1 aromatic heterocycles. The summed E-state index contributed by atoms with van der Waals surface area (Å²) in [7, 11) is 1.61. The summed E-state index contributed by atoms with van der Waals surface area (Å²) >= 11 is 0. The highest BCUT2D eigenvalue weighted by Crippen LogP contribution is 2.26. The van der Waals surface area contributed by atoms with Crippen molar-refractivity contribution >= 4 is 0 Å². The quantitative estimate of drug-likeness (QED) is 0.899. The highest BCUT2D eigenvalue weighted by molar-refractivity contribution is 5.39. The van der Waals surface area contributed by atoms with Crippen LogP contribution in [0.25, 0.3) is 0 Å². The largest absolute Gasteiger partial charge is 0.508 e. The number of nitrogens with zero attached hydrogens (tertiary/aromatic N) is 2. The van der Waals surface area contributed by atoms with E-state index in [1.54, 1.807) is 19.2 Å². The first-order valence-electron chi connectivity index (χ1n) is 8.18. The third-order valence-electron chi connectivity index (χ3n) is 4.40. The van der Waals surface area contributed by atoms with Gasteiger partial charge in [-0.05, 0) is 24.6 Å². The zero-order valence-corrected chi connectivity index (χ0v) is 14.3. The van der Waals surface area contributed by atoms with Crippen molar-refractivity contribution in [3.63, 3.8) is 0 Å². The number of hydrogen-bond donors (Lipinski definition) is 2. The minimum Gasteiger partial charge on any atom is -0.508 e. The van der Waals surface area contributed by atoms with Crippen molar-refractivity contribution in [3.05, 3.63) is 51.2 Å². The fraction of sp³-hybridized carbons (Fsp3) is 0.444. The van der Waals surface area contributed by atoms with E-state index in [1.165, 1.54) is 0 Å². The van der Waals surface area contributed by atoms with Crippen molar-refractivity contribution in [3.8, 4) is 11.5 Å². The van der Waals surface area contributed by atoms with E-state index in [9.17, 15) is 9.90 Å². The zero-order chi connectivity index (χ0) is 17.3. The standard InChI is InChI=1S/C18H23N3O3/c1-11(2)17-19-15-10-21(7-6-14(15)18(23)20-17)9-12-8-13(24-3)4-5-16(12)22/h4-5,8,11,22H,6-7,9-10H2,1-3H3,(H,19,20,23). The summed E-state index contributed by atoms with van der Waals surface area (Å²) < 4.78 is 5.23. The van der Waals surface area contributed by atoms with E-state index in [2.05, 4.69) is 14.9 Å². The van der Waals surface area contributed by atoms with Crippen LogP contribution < -0.4 is 10.3 Å². The molecule has 2 N–H and O–H groups in total. The van der Waals surface area contributed by atoms with Gasteiger partial charge in [-0.15, -0.1) is 0 Å². The molecular formula is C18H23N3O3. The fourth-order valence-corrected chi connectivity index (χ4v) is 2.98. The summed E-state index contributed by atoms with van der Waals surface area (Å²) in [6, 6.07) is 5.22. The maximum Gasteiger partial charge on any atom is 0.254 e. The molecule has 0 bridgehead atoms. The Labute approximate surface area is 141 Å². The molecule has 2 aromatic rings. The number of H-pyrrole nitrogens is 1. The molecule has 6 heteroatoms. The molecule has 0 radical (unpaired) electrons. The van der Waals surface area contributed by atoms with E-state index in [0.29, 0.717) is 19.5 Å². The van der Waals surface area contributed by atoms with Crippen LogP contribution in [0.5, 0.6) is 11.5 Å². The van der Waals surface area contributed by atoms with Gasteiger partial charge in [0.2, 0.25) is 0 Å². The molecule has 2 heterocycles. The molecule has 0 aliphatic carbocycles. The molecular weight excluding hydrogens is 306 g/mol. The number of hydrogen-bond acceptors (Lipinski definition) is 5. The van der Waals surface area contributed by atoms with Crippen molar-refractivity contribution in [2.45, 2.75) is 39.3 Å². The lowest BCUT2D eigenvalue weighted by atomic mass is 10.0. The summed E-state index contributed by atoms with van der Waals surface area (Å²) in [5.74, 6) is 1.88. The summed E-state index contributed by atoms with van der Waals surface area (Å²) in [4.78, 5) is 21.9. The van der Waals surface area contributed by atoms with Gasteiger partial charge in [0.15, 0.2) is 0 Å². The van der Waals surface area contributed by atoms with Gasteiger partial charge in [-0.2, -0.15) is 0 Å². The Morgan fingerprint density at radius 2 is 2.21 bits per heavy atom. The first kappa shape index (κ1) is 16.5. The molecule has 3 rings (SSSR count). The Morgan fingerprint density at radius 1 is 1.42 bits per heavy atom. The van der Waals surface area contributed by atoms with Crippen LogP contribution >= 0.6 is 0 Å². The van der Waals surface area contributed by atoms with Gasteiger partial charge in [0.25, 0.3) is 5.56 Å². The molecule has 0 saturated heterocycles. The van der Waals surface area contributed by atoms with E-state index in [1.807, 2.05) is 19.9 Å². The highest BCUT2D eigenvalue weighted by atomic mass is 16.5. The van der Waals surface area contributed by atoms with Crippen molar-refractivity contribution < 1.29 is 9.84 Å². The van der Waals surface area contributed by atoms with Gasteiger partial charge in [-0.25, -0.2) is 4.98 Å². The molecule has 0 amide bonds. The molecule has 0 spiro atoms. The van der Waals surface area contributed by atoms with E-state index in [4.69, 9.17) is 4.74 Å². The predicted molar refractivity (Wildman–Crippen MR) is 91.4 cm³/mol. The highest BCUT2D eigenvalue weighted by Gasteiger charge is 2.22. The topological polar surface area (TPSA) is 78.5 Å². The van der Waals surface area contributed by atoms with E-state index >= 15 is 0 Å². The van der Waals surface area contributed by atoms with Crippen LogP contribution in [0.1, 0.15) is 42.4 Å². The van der Waals surface area contributed by atoms with Gasteiger partial charge in [-0.1, -0.05) is 13.8 Å². The minimum atomic E-state index is -0.0208. The number of aromatic hydroxyl groups is 1. The molecule has 128 valence electrons. The van der Waals surface area contributed by atoms with E-state index < -0.39 is 0 Å². The number of benzene rings is 1. The van der Waals surface area contributed by atoms with Crippen LogP contribution in [-0.2, 0) is 19.5 Å². The van der Waals surface area contributed by atoms with E-state index in [-0.39, 0.29) is 17.2 Å². The van der Waals surface area contributed by atoms with Gasteiger partial charge in [0.05, 0.1) is 12.8 Å². The average molecular weight is 329 g/mol. The zero-order valence-electron chi connectivity index (χ0n) is 14.3. The molecule has 0 atom stereocenters. The number of rotatable bonds is 4. The minimum absolute atomic E-state index is 0.0208. The Morgan fingerprint density at radius 3 is 2.92 bits per heavy atom. The molecule has 1 aliphatic heterocycles. The average Bonchev–Trinajstić information content (AvgIpc) is 2.56. The molecule has 6 nitrogen and oxygen atoms in total. The molecule has 0 saturated carbocycles. The Bertz CT molecular complexity index is 799. The van der Waals surface area contributed by atoms with Crippen LogP contribution in [0.15, 0.2) is 23.0 Å². The third kappa shape index (κ3) is 3.28. The monoisotopic (exact) mass is 329 g/mol. The van der Waals surface area contributed by atoms with Crippen LogP contribution in [0.2, 0.25) is 0 Å². The Kier molecular flexibility index (Phi) is 4.57. The number of methoxy groups -OCH3 is 1. The summed E-state index contributed by atoms with van der Waals surface area (Å²) in [5, 5.41) is 10.1. The second-order valence-corrected chi connectivity index (χ2v) is 6.49. The lowest BCUT2D eigenvalue weighted by Crippen LogP contribution is -2.35. The Hall–Kier alpha value is -2.34. The lowest BCUT2D eigenvalue weighted by molar-refractivity contribution is 0.236. The fourth-order valence-electron chi connectivity index (χ4n) is 2.98. The number of aromatic nitrogens is 2. The first-order valence-corrected chi connectivity index (χ1v) is 8.18. The molecule has 0 fully saturated rings. The molecule has 24 heavy (non-hydrogen) atoms. The van der Waals surface area contributed by atoms with Crippen molar-refractivity contribution in [2.75, 3.05) is 13.7 Å². The summed E-state index contributed by atoms with van der Waals surface area (Å²) in [5.41, 5.74) is 2.42. The molecule has 1 aromatic carbocycles. The summed E-state index contributed by atoms with van der Waals surface area (Å²) in [6.07, 6.45) is 0.667. The van der Waals surface area contributed by atoms with Gasteiger partial charge in [-0.3, -0.25) is 9.69 Å². The first-order chi connectivity index (χ1) is 11.5. The van der Waals surface area contributed by atoms with Crippen LogP contribution in [0, 0.1) is 0 Å². The number of ether oxygens (including phenoxy) is 1. The third-order valence-corrected chi connectivity index (χ3v) is 4.40. The number of fused-ring (bicyclic) bond motifs is 1. The van der Waals surface area contributed by atoms with Crippen molar-refractivity contribution in [1.82, 2.24) is 14.9 Å². The van der Waals surface area contributed by atoms with Crippen LogP contribution in [0.3, 0.4) is 0 Å². The van der Waals surface area contributed by atoms with Gasteiger partial charge >= 0.3 is 0 Å². The van der Waals surface area contributed by atoms with Crippen molar-refractivity contribution in [1.29, 1.82) is 0 Å². The molecule has 0 unspecified atom stereocenters. The Balaban J connectivity index is 1.84. The number of phenols is 1. The van der Waals surface area contributed by atoms with Crippen molar-refractivity contribution in [2.24, 2.45) is 0 Å². The second-order valence-electron chi connectivity index (χ2n) is 6.49. The smallest absolute Gasteiger partial charge is 0.254 e. The number of aromatic amines is 1. The van der Waals surface area contributed by atoms with Crippen LogP contribution in [-0.4, -0.2) is 33.6 Å². The summed E-state index contributed by atoms with van der Waals surface area (Å²) in [6.45, 7) is 5.98. The van der Waals surface area contributed by atoms with Gasteiger partial charge in [0.1, 0.15) is 17.3 Å². The van der Waals surface area contributed by atoms with Gasteiger partial charge in [0, 0.05) is 36.7 Å². The number of nitrogens with one attached hydrogen (secondary N) is 1.